The molecule has 0 saturated carbocycles. The second kappa shape index (κ2) is 3.82. The van der Waals surface area contributed by atoms with E-state index in [4.69, 9.17) is 4.74 Å². The summed E-state index contributed by atoms with van der Waals surface area (Å²) < 4.78 is 5.30. The zero-order chi connectivity index (χ0) is 12.9. The van der Waals surface area contributed by atoms with Gasteiger partial charge in [-0.2, -0.15) is 0 Å². The number of ether oxygens (including phenoxy) is 1. The first kappa shape index (κ1) is 11.7. The number of piperidine rings is 1. The molecular formula is C15H19NO2. The summed E-state index contributed by atoms with van der Waals surface area (Å²) in [4.78, 5) is 14.7. The van der Waals surface area contributed by atoms with Crippen molar-refractivity contribution < 1.29 is 9.53 Å². The van der Waals surface area contributed by atoms with Crippen molar-refractivity contribution in [1.82, 2.24) is 4.90 Å². The molecule has 2 aliphatic rings. The smallest absolute Gasteiger partial charge is 0.180 e. The van der Waals surface area contributed by atoms with E-state index < -0.39 is 0 Å². The fourth-order valence-electron chi connectivity index (χ4n) is 3.35. The van der Waals surface area contributed by atoms with Crippen molar-refractivity contribution >= 4 is 5.78 Å². The van der Waals surface area contributed by atoms with E-state index in [-0.39, 0.29) is 17.2 Å². The summed E-state index contributed by atoms with van der Waals surface area (Å²) in [7, 11) is 3.73. The van der Waals surface area contributed by atoms with Gasteiger partial charge in [-0.25, -0.2) is 0 Å². The van der Waals surface area contributed by atoms with Crippen molar-refractivity contribution in [3.8, 4) is 5.75 Å². The normalized spacial score (nSPS) is 31.1. The van der Waals surface area contributed by atoms with Crippen LogP contribution in [-0.2, 0) is 5.41 Å². The van der Waals surface area contributed by atoms with E-state index in [9.17, 15) is 4.79 Å². The molecule has 0 unspecified atom stereocenters. The molecule has 3 heteroatoms. The molecule has 1 heterocycles. The topological polar surface area (TPSA) is 29.5 Å². The fourth-order valence-corrected chi connectivity index (χ4v) is 3.35. The summed E-state index contributed by atoms with van der Waals surface area (Å²) >= 11 is 0. The highest BCUT2D eigenvalue weighted by Crippen LogP contribution is 2.45. The van der Waals surface area contributed by atoms with Crippen LogP contribution in [0, 0.1) is 0 Å². The average molecular weight is 245 g/mol. The van der Waals surface area contributed by atoms with Crippen molar-refractivity contribution in [3.63, 3.8) is 0 Å². The Hall–Kier alpha value is -1.35. The Labute approximate surface area is 108 Å². The van der Waals surface area contributed by atoms with E-state index in [1.165, 1.54) is 5.56 Å². The number of carbonyl (C=O) groups excluding carboxylic acids is 1. The number of methoxy groups -OCH3 is 1. The number of fused-ring (bicyclic) bond motifs is 4. The van der Waals surface area contributed by atoms with E-state index in [1.807, 2.05) is 12.1 Å². The predicted octanol–water partition coefficient (Wildman–Crippen LogP) is 2.24. The van der Waals surface area contributed by atoms with Crippen LogP contribution in [0.3, 0.4) is 0 Å². The highest BCUT2D eigenvalue weighted by molar-refractivity contribution is 6.03. The lowest BCUT2D eigenvalue weighted by atomic mass is 9.64. The Morgan fingerprint density at radius 2 is 2.22 bits per heavy atom. The van der Waals surface area contributed by atoms with Gasteiger partial charge in [0.2, 0.25) is 0 Å². The SMILES string of the molecule is COc1ccc2c(c1)[C@]1(C)CCN(C)[C@@H](C1)C2=O. The first-order chi connectivity index (χ1) is 8.55. The lowest BCUT2D eigenvalue weighted by molar-refractivity contribution is 0.0652. The first-order valence-corrected chi connectivity index (χ1v) is 6.48. The van der Waals surface area contributed by atoms with Gasteiger partial charge in [-0.15, -0.1) is 0 Å². The number of hydrogen-bond acceptors (Lipinski definition) is 3. The van der Waals surface area contributed by atoms with Gasteiger partial charge >= 0.3 is 0 Å². The molecule has 1 aromatic carbocycles. The van der Waals surface area contributed by atoms with Gasteiger partial charge < -0.3 is 4.74 Å². The minimum Gasteiger partial charge on any atom is -0.497 e. The largest absolute Gasteiger partial charge is 0.497 e. The summed E-state index contributed by atoms with van der Waals surface area (Å²) in [5.41, 5.74) is 2.19. The molecule has 1 aromatic rings. The summed E-state index contributed by atoms with van der Waals surface area (Å²) in [5, 5.41) is 0. The standard InChI is InChI=1S/C15H19NO2/c1-15-6-7-16(2)13(9-15)14(17)11-5-4-10(18-3)8-12(11)15/h4-5,8,13H,6-7,9H2,1-3H3/t13-,15+/m0/s1. The van der Waals surface area contributed by atoms with E-state index >= 15 is 0 Å². The van der Waals surface area contributed by atoms with Gasteiger partial charge in [-0.05, 0) is 55.6 Å². The predicted molar refractivity (Wildman–Crippen MR) is 70.3 cm³/mol. The van der Waals surface area contributed by atoms with Crippen LogP contribution in [0.5, 0.6) is 5.75 Å². The van der Waals surface area contributed by atoms with Gasteiger partial charge in [-0.1, -0.05) is 6.92 Å². The van der Waals surface area contributed by atoms with Crippen molar-refractivity contribution in [1.29, 1.82) is 0 Å². The summed E-state index contributed by atoms with van der Waals surface area (Å²) in [5.74, 6) is 1.12. The molecule has 1 aliphatic heterocycles. The van der Waals surface area contributed by atoms with E-state index in [2.05, 4.69) is 24.9 Å². The van der Waals surface area contributed by atoms with Crippen LogP contribution in [0.15, 0.2) is 18.2 Å². The zero-order valence-electron chi connectivity index (χ0n) is 11.2. The van der Waals surface area contributed by atoms with Gasteiger partial charge in [0.05, 0.1) is 13.2 Å². The molecule has 0 radical (unpaired) electrons. The van der Waals surface area contributed by atoms with Gasteiger partial charge in [0, 0.05) is 5.56 Å². The molecule has 1 saturated heterocycles. The van der Waals surface area contributed by atoms with E-state index in [0.29, 0.717) is 0 Å². The maximum Gasteiger partial charge on any atom is 0.180 e. The van der Waals surface area contributed by atoms with Crippen LogP contribution in [0.4, 0.5) is 0 Å². The number of ketones is 1. The number of Topliss-reactive ketones (excluding diaryl/α,β-unsaturated/α-hetero) is 1. The lowest BCUT2D eigenvalue weighted by Gasteiger charge is -2.47. The van der Waals surface area contributed by atoms with Crippen LogP contribution < -0.4 is 4.74 Å². The maximum atomic E-state index is 12.5. The number of carbonyl (C=O) groups is 1. The molecule has 96 valence electrons. The van der Waals surface area contributed by atoms with Crippen LogP contribution in [-0.4, -0.2) is 37.4 Å². The van der Waals surface area contributed by atoms with Crippen molar-refractivity contribution in [2.75, 3.05) is 20.7 Å². The zero-order valence-corrected chi connectivity index (χ0v) is 11.2. The summed E-state index contributed by atoms with van der Waals surface area (Å²) in [6.07, 6.45) is 2.04. The fraction of sp³-hybridized carbons (Fsp3) is 0.533. The average Bonchev–Trinajstić information content (AvgIpc) is 2.39. The number of rotatable bonds is 1. The molecule has 2 atom stereocenters. The molecule has 0 aromatic heterocycles. The molecule has 0 spiro atoms. The van der Waals surface area contributed by atoms with Gasteiger partial charge in [0.15, 0.2) is 5.78 Å². The molecule has 18 heavy (non-hydrogen) atoms. The Kier molecular flexibility index (Phi) is 2.49. The molecule has 1 fully saturated rings. The Bertz CT molecular complexity index is 511. The third-order valence-corrected chi connectivity index (χ3v) is 4.64. The lowest BCUT2D eigenvalue weighted by Crippen LogP contribution is -2.53. The van der Waals surface area contributed by atoms with Crippen LogP contribution in [0.25, 0.3) is 0 Å². The number of nitrogens with zero attached hydrogens (tertiary/aromatic N) is 1. The number of benzene rings is 1. The number of hydrogen-bond donors (Lipinski definition) is 0. The summed E-state index contributed by atoms with van der Waals surface area (Å²) in [6.45, 7) is 3.27. The van der Waals surface area contributed by atoms with Crippen molar-refractivity contribution in [2.24, 2.45) is 0 Å². The Morgan fingerprint density at radius 1 is 1.44 bits per heavy atom. The summed E-state index contributed by atoms with van der Waals surface area (Å²) in [6, 6.07) is 5.93. The number of likely N-dealkylation sites (tertiary alicyclic amines) is 1. The molecule has 3 nitrogen and oxygen atoms in total. The highest BCUT2D eigenvalue weighted by atomic mass is 16.5. The van der Waals surface area contributed by atoms with Gasteiger partial charge in [-0.3, -0.25) is 9.69 Å². The monoisotopic (exact) mass is 245 g/mol. The van der Waals surface area contributed by atoms with Gasteiger partial charge in [0.25, 0.3) is 0 Å². The Morgan fingerprint density at radius 3 is 2.94 bits per heavy atom. The molecular weight excluding hydrogens is 226 g/mol. The first-order valence-electron chi connectivity index (χ1n) is 6.48. The van der Waals surface area contributed by atoms with Crippen LogP contribution in [0.1, 0.15) is 35.7 Å². The van der Waals surface area contributed by atoms with Crippen molar-refractivity contribution in [2.45, 2.75) is 31.2 Å². The molecule has 0 amide bonds. The van der Waals surface area contributed by atoms with Crippen LogP contribution in [0.2, 0.25) is 0 Å². The minimum absolute atomic E-state index is 0.0599. The highest BCUT2D eigenvalue weighted by Gasteiger charge is 2.46. The van der Waals surface area contributed by atoms with E-state index in [1.54, 1.807) is 7.11 Å². The van der Waals surface area contributed by atoms with E-state index in [0.717, 1.165) is 30.7 Å². The van der Waals surface area contributed by atoms with Crippen molar-refractivity contribution in [3.05, 3.63) is 29.3 Å². The Balaban J connectivity index is 2.17. The maximum absolute atomic E-state index is 12.5. The third-order valence-electron chi connectivity index (χ3n) is 4.64. The second-order valence-electron chi connectivity index (χ2n) is 5.79. The molecule has 0 N–H and O–H groups in total. The second-order valence-corrected chi connectivity index (χ2v) is 5.79. The third kappa shape index (κ3) is 1.50. The quantitative estimate of drug-likeness (QED) is 0.760. The van der Waals surface area contributed by atoms with Crippen LogP contribution >= 0.6 is 0 Å². The number of likely N-dealkylation sites (N-methyl/N-ethyl adjacent to an activating group) is 1. The molecule has 2 bridgehead atoms. The van der Waals surface area contributed by atoms with Gasteiger partial charge in [0.1, 0.15) is 5.75 Å². The minimum atomic E-state index is 0.0599. The molecule has 1 aliphatic carbocycles. The molecule has 3 rings (SSSR count).